The number of ether oxygens (including phenoxy) is 3. The molecular weight excluding hydrogens is 407 g/mol. The van der Waals surface area contributed by atoms with Gasteiger partial charge in [-0.25, -0.2) is 0 Å². The predicted molar refractivity (Wildman–Crippen MR) is 82.1 cm³/mol. The number of carbonyl (C=O) groups excluding carboxylic acids is 1. The molecule has 5 heteroatoms. The van der Waals surface area contributed by atoms with E-state index >= 15 is 0 Å². The minimum absolute atomic E-state index is 0.154. The van der Waals surface area contributed by atoms with Crippen LogP contribution in [0.2, 0.25) is 0 Å². The van der Waals surface area contributed by atoms with Gasteiger partial charge in [0, 0.05) is 0 Å². The van der Waals surface area contributed by atoms with E-state index in [9.17, 15) is 4.79 Å². The molecule has 0 saturated carbocycles. The first-order valence-electron chi connectivity index (χ1n) is 7.29. The number of hydrogen-bond donors (Lipinski definition) is 0. The van der Waals surface area contributed by atoms with Gasteiger partial charge in [-0.1, -0.05) is 0 Å². The first-order chi connectivity index (χ1) is 10.9. The summed E-state index contributed by atoms with van der Waals surface area (Å²) in [6.45, 7) is 5.21. The van der Waals surface area contributed by atoms with Crippen molar-refractivity contribution in [3.63, 3.8) is 0 Å². The van der Waals surface area contributed by atoms with Crippen LogP contribution in [0.3, 0.4) is 0 Å². The molecule has 0 saturated heterocycles. The number of hydrogen-bond acceptors (Lipinski definition) is 4. The van der Waals surface area contributed by atoms with E-state index in [0.29, 0.717) is 5.75 Å². The number of halogens is 1. The molecule has 0 radical (unpaired) electrons. The van der Waals surface area contributed by atoms with E-state index in [2.05, 4.69) is 30.3 Å². The molecule has 0 atom stereocenters. The Hall–Kier alpha value is -1.76. The molecule has 122 valence electrons. The summed E-state index contributed by atoms with van der Waals surface area (Å²) in [6.07, 6.45) is -0.724. The third-order valence-electron chi connectivity index (χ3n) is 3.10. The van der Waals surface area contributed by atoms with Crippen molar-refractivity contribution in [1.29, 1.82) is 0 Å². The molecule has 0 fully saturated rings. The van der Waals surface area contributed by atoms with E-state index in [1.54, 1.807) is 20.8 Å². The van der Waals surface area contributed by atoms with Crippen LogP contribution in [-0.4, -0.2) is 18.5 Å². The van der Waals surface area contributed by atoms with Crippen molar-refractivity contribution >= 4 is 6.16 Å². The normalized spacial score (nSPS) is 12.7. The molecule has 0 aliphatic carbocycles. The molecule has 3 rings (SSSR count). The zero-order valence-corrected chi connectivity index (χ0v) is 15.4. The van der Waals surface area contributed by atoms with Crippen LogP contribution in [0.5, 0.6) is 5.75 Å². The molecule has 0 aromatic heterocycles. The molecule has 23 heavy (non-hydrogen) atoms. The van der Waals surface area contributed by atoms with Crippen LogP contribution >= 0.6 is 0 Å². The second-order valence-corrected chi connectivity index (χ2v) is 8.95. The summed E-state index contributed by atoms with van der Waals surface area (Å²) in [4.78, 5) is 11.5. The Kier molecular flexibility index (Phi) is 4.48. The van der Waals surface area contributed by atoms with Crippen molar-refractivity contribution < 1.29 is 40.2 Å². The van der Waals surface area contributed by atoms with Crippen LogP contribution in [0.25, 0.3) is 11.1 Å². The molecule has 0 amide bonds. The van der Waals surface area contributed by atoms with E-state index in [0.717, 1.165) is 0 Å². The fraction of sp³-hybridized carbons (Fsp3) is 0.278. The van der Waals surface area contributed by atoms with Gasteiger partial charge in [0.2, 0.25) is 0 Å². The van der Waals surface area contributed by atoms with Gasteiger partial charge in [0.1, 0.15) is 0 Å². The zero-order valence-electron chi connectivity index (χ0n) is 13.3. The zero-order chi connectivity index (χ0) is 16.4. The van der Waals surface area contributed by atoms with E-state index in [4.69, 9.17) is 14.2 Å². The Labute approximate surface area is 146 Å². The van der Waals surface area contributed by atoms with Gasteiger partial charge in [0.05, 0.1) is 0 Å². The quantitative estimate of drug-likeness (QED) is 0.358. The molecule has 1 heterocycles. The SMILES string of the molecule is CC(C)(C)OC(=O)OCOc1ccc2c(c1)[I-]c1ccccc1-2. The number of fused-ring (bicyclic) bond motifs is 3. The van der Waals surface area contributed by atoms with Crippen molar-refractivity contribution in [2.24, 2.45) is 0 Å². The van der Waals surface area contributed by atoms with Crippen molar-refractivity contribution in [3.8, 4) is 16.9 Å². The van der Waals surface area contributed by atoms with Gasteiger partial charge in [-0.2, -0.15) is 0 Å². The van der Waals surface area contributed by atoms with Gasteiger partial charge in [-0.05, 0) is 0 Å². The van der Waals surface area contributed by atoms with Gasteiger partial charge < -0.3 is 0 Å². The molecular formula is C18H18IO4-. The van der Waals surface area contributed by atoms with Crippen LogP contribution in [0.1, 0.15) is 20.8 Å². The maximum absolute atomic E-state index is 11.5. The monoisotopic (exact) mass is 425 g/mol. The topological polar surface area (TPSA) is 44.8 Å². The molecule has 0 spiro atoms. The van der Waals surface area contributed by atoms with Crippen LogP contribution in [0.4, 0.5) is 4.79 Å². The van der Waals surface area contributed by atoms with Gasteiger partial charge in [-0.15, -0.1) is 0 Å². The van der Waals surface area contributed by atoms with Crippen molar-refractivity contribution in [2.75, 3.05) is 6.79 Å². The summed E-state index contributed by atoms with van der Waals surface area (Å²) in [5.74, 6) is 0.708. The summed E-state index contributed by atoms with van der Waals surface area (Å²) in [5, 5.41) is 0. The Morgan fingerprint density at radius 2 is 1.78 bits per heavy atom. The minimum atomic E-state index is -0.724. The molecule has 0 unspecified atom stereocenters. The van der Waals surface area contributed by atoms with Crippen LogP contribution in [-0.2, 0) is 9.47 Å². The second kappa shape index (κ2) is 6.39. The summed E-state index contributed by atoms with van der Waals surface area (Å²) < 4.78 is 18.3. The van der Waals surface area contributed by atoms with Gasteiger partial charge in [-0.3, -0.25) is 0 Å². The summed E-state index contributed by atoms with van der Waals surface area (Å²) in [5.41, 5.74) is 2.04. The fourth-order valence-electron chi connectivity index (χ4n) is 2.18. The standard InChI is InChI=1S/C18H18IO4/c1-18(2,3)23-17(20)22-11-21-12-8-9-14-13-6-4-5-7-15(13)19-16(14)10-12/h4-10H,11H2,1-3H3/q-1. The summed E-state index contributed by atoms with van der Waals surface area (Å²) >= 11 is -0.174. The van der Waals surface area contributed by atoms with Crippen molar-refractivity contribution in [3.05, 3.63) is 49.6 Å². The first kappa shape index (κ1) is 16.1. The number of carbonyl (C=O) groups is 1. The van der Waals surface area contributed by atoms with Crippen LogP contribution in [0, 0.1) is 7.14 Å². The van der Waals surface area contributed by atoms with Crippen molar-refractivity contribution in [2.45, 2.75) is 26.4 Å². The van der Waals surface area contributed by atoms with E-state index in [-0.39, 0.29) is 28.0 Å². The van der Waals surface area contributed by atoms with E-state index in [1.807, 2.05) is 12.1 Å². The average molecular weight is 425 g/mol. The number of rotatable bonds is 3. The predicted octanol–water partition coefficient (Wildman–Crippen LogP) is 1.08. The third-order valence-corrected chi connectivity index (χ3v) is 6.10. The van der Waals surface area contributed by atoms with Gasteiger partial charge >= 0.3 is 146 Å². The Morgan fingerprint density at radius 1 is 1.04 bits per heavy atom. The summed E-state index contributed by atoms with van der Waals surface area (Å²) in [7, 11) is 0. The van der Waals surface area contributed by atoms with Gasteiger partial charge in [0.15, 0.2) is 0 Å². The third kappa shape index (κ3) is 3.96. The van der Waals surface area contributed by atoms with E-state index < -0.39 is 11.8 Å². The Morgan fingerprint density at radius 3 is 2.57 bits per heavy atom. The molecule has 4 nitrogen and oxygen atoms in total. The second-order valence-electron chi connectivity index (χ2n) is 6.09. The average Bonchev–Trinajstić information content (AvgIpc) is 2.83. The molecule has 0 N–H and O–H groups in total. The Balaban J connectivity index is 1.59. The molecule has 2 aromatic carbocycles. The fourth-order valence-corrected chi connectivity index (χ4v) is 5.18. The van der Waals surface area contributed by atoms with E-state index in [1.165, 1.54) is 18.3 Å². The Bertz CT molecular complexity index is 734. The van der Waals surface area contributed by atoms with Crippen LogP contribution in [0.15, 0.2) is 42.5 Å². The maximum atomic E-state index is 11.5. The number of benzene rings is 2. The summed E-state index contributed by atoms with van der Waals surface area (Å²) in [6, 6.07) is 14.5. The van der Waals surface area contributed by atoms with Crippen LogP contribution < -0.4 is 25.9 Å². The molecule has 0 bridgehead atoms. The molecule has 2 aromatic rings. The van der Waals surface area contributed by atoms with Crippen molar-refractivity contribution in [1.82, 2.24) is 0 Å². The van der Waals surface area contributed by atoms with Gasteiger partial charge in [0.25, 0.3) is 0 Å². The first-order valence-corrected chi connectivity index (χ1v) is 9.45. The molecule has 1 aliphatic rings. The molecule has 1 aliphatic heterocycles.